The Balaban J connectivity index is 3.67. The van der Waals surface area contributed by atoms with Crippen molar-refractivity contribution in [2.75, 3.05) is 6.54 Å². The Kier molecular flexibility index (Phi) is 9.26. The van der Waals surface area contributed by atoms with Gasteiger partial charge in [-0.3, -0.25) is 0 Å². The molecule has 0 saturated carbocycles. The van der Waals surface area contributed by atoms with E-state index in [2.05, 4.69) is 10.8 Å². The highest BCUT2D eigenvalue weighted by Gasteiger charge is 2.22. The van der Waals surface area contributed by atoms with Crippen molar-refractivity contribution >= 4 is 10.0 Å². The van der Waals surface area contributed by atoms with Crippen LogP contribution in [0.2, 0.25) is 0 Å². The van der Waals surface area contributed by atoms with Gasteiger partial charge in [0.2, 0.25) is 10.0 Å². The average Bonchev–Trinajstić information content (AvgIpc) is 2.33. The Hall–Kier alpha value is -1.11. The van der Waals surface area contributed by atoms with Gasteiger partial charge in [0.1, 0.15) is 0 Å². The molecule has 1 atom stereocenters. The van der Waals surface area contributed by atoms with Crippen LogP contribution < -0.4 is 4.72 Å². The number of nitrogens with zero attached hydrogens (tertiary/aromatic N) is 2. The maximum Gasteiger partial charge on any atom is 0.227 e. The Bertz CT molecular complexity index is 393. The monoisotopic (exact) mass is 271 g/mol. The second-order valence-electron chi connectivity index (χ2n) is 4.14. The van der Waals surface area contributed by atoms with Gasteiger partial charge in [-0.2, -0.15) is 10.5 Å². The molecular weight excluding hydrogens is 250 g/mol. The van der Waals surface area contributed by atoms with E-state index in [0.29, 0.717) is 19.4 Å². The molecule has 1 N–H and O–H groups in total. The first kappa shape index (κ1) is 16.9. The maximum atomic E-state index is 11.6. The van der Waals surface area contributed by atoms with Crippen LogP contribution in [0.1, 0.15) is 51.9 Å². The van der Waals surface area contributed by atoms with Crippen molar-refractivity contribution in [3.8, 4) is 12.1 Å². The molecule has 0 fully saturated rings. The van der Waals surface area contributed by atoms with Gasteiger partial charge in [-0.05, 0) is 19.3 Å². The van der Waals surface area contributed by atoms with E-state index in [1.54, 1.807) is 13.0 Å². The minimum atomic E-state index is -3.48. The normalized spacial score (nSPS) is 12.6. The molecule has 6 heteroatoms. The third kappa shape index (κ3) is 7.26. The molecule has 0 spiro atoms. The van der Waals surface area contributed by atoms with Crippen molar-refractivity contribution in [3.63, 3.8) is 0 Å². The summed E-state index contributed by atoms with van der Waals surface area (Å²) in [7, 11) is -3.48. The Morgan fingerprint density at radius 1 is 1.11 bits per heavy atom. The van der Waals surface area contributed by atoms with Gasteiger partial charge in [-0.25, -0.2) is 13.1 Å². The quantitative estimate of drug-likeness (QED) is 0.615. The fraction of sp³-hybridized carbons (Fsp3) is 0.833. The minimum Gasteiger partial charge on any atom is -0.214 e. The van der Waals surface area contributed by atoms with Crippen molar-refractivity contribution in [3.05, 3.63) is 0 Å². The summed E-state index contributed by atoms with van der Waals surface area (Å²) in [6, 6.07) is 3.88. The minimum absolute atomic E-state index is 0.306. The summed E-state index contributed by atoms with van der Waals surface area (Å²) in [6.45, 7) is 2.07. The zero-order valence-electron chi connectivity index (χ0n) is 10.9. The Labute approximate surface area is 110 Å². The van der Waals surface area contributed by atoms with Crippen molar-refractivity contribution in [2.45, 2.75) is 57.1 Å². The van der Waals surface area contributed by atoms with Crippen molar-refractivity contribution in [2.24, 2.45) is 0 Å². The molecule has 0 heterocycles. The predicted molar refractivity (Wildman–Crippen MR) is 69.9 cm³/mol. The summed E-state index contributed by atoms with van der Waals surface area (Å²) < 4.78 is 25.7. The first-order valence-electron chi connectivity index (χ1n) is 6.33. The first-order chi connectivity index (χ1) is 8.58. The Morgan fingerprint density at radius 3 is 2.28 bits per heavy atom. The zero-order chi connectivity index (χ0) is 13.9. The van der Waals surface area contributed by atoms with E-state index in [9.17, 15) is 8.42 Å². The number of nitrogens with one attached hydrogen (secondary N) is 1. The van der Waals surface area contributed by atoms with Crippen molar-refractivity contribution in [1.82, 2.24) is 4.72 Å². The first-order valence-corrected chi connectivity index (χ1v) is 7.88. The highest BCUT2D eigenvalue weighted by Crippen LogP contribution is 2.06. The van der Waals surface area contributed by atoms with Gasteiger partial charge in [-0.1, -0.05) is 26.2 Å². The van der Waals surface area contributed by atoms with Gasteiger partial charge < -0.3 is 0 Å². The lowest BCUT2D eigenvalue weighted by molar-refractivity contribution is 0.562. The van der Waals surface area contributed by atoms with E-state index in [4.69, 9.17) is 10.5 Å². The molecule has 0 aliphatic carbocycles. The third-order valence-corrected chi connectivity index (χ3v) is 4.45. The molecule has 0 radical (unpaired) electrons. The Morgan fingerprint density at radius 2 is 1.72 bits per heavy atom. The molecule has 1 unspecified atom stereocenters. The molecule has 0 rings (SSSR count). The largest absolute Gasteiger partial charge is 0.227 e. The van der Waals surface area contributed by atoms with Crippen LogP contribution in [0.4, 0.5) is 0 Å². The number of nitriles is 2. The molecule has 5 nitrogen and oxygen atoms in total. The average molecular weight is 271 g/mol. The lowest BCUT2D eigenvalue weighted by Gasteiger charge is -2.09. The SMILES string of the molecule is CCC(C#N)S(=O)(=O)NCCCCCCCC#N. The molecule has 0 aromatic rings. The van der Waals surface area contributed by atoms with Crippen LogP contribution in [0.15, 0.2) is 0 Å². The number of hydrogen-bond donors (Lipinski definition) is 1. The second kappa shape index (κ2) is 9.87. The molecule has 0 saturated heterocycles. The molecule has 18 heavy (non-hydrogen) atoms. The van der Waals surface area contributed by atoms with Gasteiger partial charge in [0.15, 0.2) is 5.25 Å². The topological polar surface area (TPSA) is 93.8 Å². The van der Waals surface area contributed by atoms with Gasteiger partial charge >= 0.3 is 0 Å². The highest BCUT2D eigenvalue weighted by atomic mass is 32.2. The number of unbranched alkanes of at least 4 members (excludes halogenated alkanes) is 5. The summed E-state index contributed by atoms with van der Waals surface area (Å²) in [6.07, 6.45) is 5.54. The number of hydrogen-bond acceptors (Lipinski definition) is 4. The van der Waals surface area contributed by atoms with E-state index in [0.717, 1.165) is 32.1 Å². The van der Waals surface area contributed by atoms with E-state index < -0.39 is 15.3 Å². The molecule has 0 bridgehead atoms. The number of rotatable bonds is 10. The van der Waals surface area contributed by atoms with E-state index in [1.165, 1.54) is 0 Å². The smallest absolute Gasteiger partial charge is 0.214 e. The van der Waals surface area contributed by atoms with Crippen LogP contribution in [0.3, 0.4) is 0 Å². The molecule has 0 aliphatic heterocycles. The van der Waals surface area contributed by atoms with Crippen LogP contribution in [0.5, 0.6) is 0 Å². The maximum absolute atomic E-state index is 11.6. The molecule has 0 amide bonds. The van der Waals surface area contributed by atoms with E-state index in [-0.39, 0.29) is 0 Å². The summed E-state index contributed by atoms with van der Waals surface area (Å²) >= 11 is 0. The van der Waals surface area contributed by atoms with Gasteiger partial charge in [0.25, 0.3) is 0 Å². The fourth-order valence-corrected chi connectivity index (χ4v) is 2.76. The molecule has 0 aromatic carbocycles. The standard InChI is InChI=1S/C12H21N3O2S/c1-2-12(11-14)18(16,17)15-10-8-6-4-3-5-7-9-13/h12,15H,2-8,10H2,1H3. The van der Waals surface area contributed by atoms with Gasteiger partial charge in [0.05, 0.1) is 12.1 Å². The fourth-order valence-electron chi connectivity index (χ4n) is 1.55. The summed E-state index contributed by atoms with van der Waals surface area (Å²) in [5, 5.41) is 16.1. The molecular formula is C12H21N3O2S. The molecule has 0 aliphatic rings. The van der Waals surface area contributed by atoms with Crippen LogP contribution in [-0.2, 0) is 10.0 Å². The molecule has 0 aromatic heterocycles. The zero-order valence-corrected chi connectivity index (χ0v) is 11.7. The summed E-state index contributed by atoms with van der Waals surface area (Å²) in [5.74, 6) is 0. The third-order valence-electron chi connectivity index (χ3n) is 2.66. The lowest BCUT2D eigenvalue weighted by atomic mass is 10.1. The van der Waals surface area contributed by atoms with Crippen LogP contribution in [0.25, 0.3) is 0 Å². The predicted octanol–water partition coefficient (Wildman–Crippen LogP) is 2.07. The lowest BCUT2D eigenvalue weighted by Crippen LogP contribution is -2.33. The van der Waals surface area contributed by atoms with Crippen LogP contribution >= 0.6 is 0 Å². The highest BCUT2D eigenvalue weighted by molar-refractivity contribution is 7.90. The number of sulfonamides is 1. The van der Waals surface area contributed by atoms with Gasteiger partial charge in [-0.15, -0.1) is 0 Å². The summed E-state index contributed by atoms with van der Waals surface area (Å²) in [5.41, 5.74) is 0. The van der Waals surface area contributed by atoms with Crippen molar-refractivity contribution < 1.29 is 8.42 Å². The van der Waals surface area contributed by atoms with Crippen LogP contribution in [-0.4, -0.2) is 20.2 Å². The van der Waals surface area contributed by atoms with Gasteiger partial charge in [0, 0.05) is 13.0 Å². The van der Waals surface area contributed by atoms with Crippen LogP contribution in [0, 0.1) is 22.7 Å². The van der Waals surface area contributed by atoms with Crippen molar-refractivity contribution in [1.29, 1.82) is 10.5 Å². The van der Waals surface area contributed by atoms with E-state index in [1.807, 2.05) is 0 Å². The van der Waals surface area contributed by atoms with E-state index >= 15 is 0 Å². The second-order valence-corrected chi connectivity index (χ2v) is 6.09. The summed E-state index contributed by atoms with van der Waals surface area (Å²) in [4.78, 5) is 0. The molecule has 102 valence electrons.